The molecule has 4 rings (SSSR count). The van der Waals surface area contributed by atoms with Crippen LogP contribution in [0.3, 0.4) is 0 Å². The third-order valence-corrected chi connectivity index (χ3v) is 5.16. The minimum absolute atomic E-state index is 0.117. The van der Waals surface area contributed by atoms with Crippen molar-refractivity contribution in [2.75, 3.05) is 4.90 Å². The number of aryl methyl sites for hydroxylation is 2. The topological polar surface area (TPSA) is 60.8 Å². The van der Waals surface area contributed by atoms with Crippen molar-refractivity contribution >= 4 is 22.7 Å². The maximum Gasteiger partial charge on any atom is 0.299 e. The van der Waals surface area contributed by atoms with Gasteiger partial charge in [-0.3, -0.25) is 9.11 Å². The second kappa shape index (κ2) is 8.75. The summed E-state index contributed by atoms with van der Waals surface area (Å²) in [6, 6.07) is 14.6. The summed E-state index contributed by atoms with van der Waals surface area (Å²) < 4.78 is 36.5. The first kappa shape index (κ1) is 19.0. The molecule has 0 aromatic heterocycles. The van der Waals surface area contributed by atoms with Gasteiger partial charge in [0.25, 0.3) is 11.4 Å². The zero-order chi connectivity index (χ0) is 18.5. The van der Waals surface area contributed by atoms with Gasteiger partial charge >= 0.3 is 0 Å². The number of hydrogen-bond acceptors (Lipinski definition) is 2. The largest absolute Gasteiger partial charge is 0.338 e. The summed E-state index contributed by atoms with van der Waals surface area (Å²) in [6.07, 6.45) is 8.36. The summed E-state index contributed by atoms with van der Waals surface area (Å²) in [4.78, 5) is 2.51. The van der Waals surface area contributed by atoms with Gasteiger partial charge in [-0.2, -0.15) is 4.21 Å². The van der Waals surface area contributed by atoms with E-state index in [1.807, 2.05) is 6.07 Å². The van der Waals surface area contributed by atoms with E-state index in [0.29, 0.717) is 6.04 Å². The number of halogens is 1. The molecule has 0 bridgehead atoms. The molecule has 2 N–H and O–H groups in total. The summed E-state index contributed by atoms with van der Waals surface area (Å²) in [5, 5.41) is 0. The molecule has 1 heterocycles. The molecule has 0 radical (unpaired) electrons. The van der Waals surface area contributed by atoms with Crippen molar-refractivity contribution < 1.29 is 17.7 Å². The van der Waals surface area contributed by atoms with E-state index in [2.05, 4.69) is 29.2 Å². The average molecular weight is 377 g/mol. The van der Waals surface area contributed by atoms with Crippen molar-refractivity contribution in [3.63, 3.8) is 0 Å². The molecule has 140 valence electrons. The van der Waals surface area contributed by atoms with Gasteiger partial charge in [0.05, 0.1) is 0 Å². The predicted molar refractivity (Wildman–Crippen MR) is 103 cm³/mol. The van der Waals surface area contributed by atoms with Crippen molar-refractivity contribution in [3.8, 4) is 0 Å². The molecule has 6 heteroatoms. The molecule has 0 unspecified atom stereocenters. The molecule has 2 aromatic rings. The van der Waals surface area contributed by atoms with Crippen molar-refractivity contribution in [2.24, 2.45) is 0 Å². The van der Waals surface area contributed by atoms with Crippen LogP contribution < -0.4 is 4.90 Å². The van der Waals surface area contributed by atoms with Crippen LogP contribution in [-0.4, -0.2) is 19.4 Å². The van der Waals surface area contributed by atoms with Crippen LogP contribution in [0.25, 0.3) is 0 Å². The summed E-state index contributed by atoms with van der Waals surface area (Å²) >= 11 is -2.61. The third kappa shape index (κ3) is 4.50. The van der Waals surface area contributed by atoms with Crippen LogP contribution in [0, 0.1) is 5.82 Å². The quantitative estimate of drug-likeness (QED) is 0.681. The Morgan fingerprint density at radius 2 is 1.54 bits per heavy atom. The molecule has 0 spiro atoms. The smallest absolute Gasteiger partial charge is 0.299 e. The molecular weight excluding hydrogens is 353 g/mol. The highest BCUT2D eigenvalue weighted by Crippen LogP contribution is 2.40. The number of rotatable bonds is 1. The van der Waals surface area contributed by atoms with Gasteiger partial charge < -0.3 is 4.90 Å². The minimum Gasteiger partial charge on any atom is -0.338 e. The maximum absolute atomic E-state index is 13.7. The first-order valence-corrected chi connectivity index (χ1v) is 10.1. The zero-order valence-electron chi connectivity index (χ0n) is 14.6. The van der Waals surface area contributed by atoms with E-state index in [9.17, 15) is 4.39 Å². The summed E-state index contributed by atoms with van der Waals surface area (Å²) in [7, 11) is 0. The Labute approximate surface area is 156 Å². The number of nitrogens with zero attached hydrogens (tertiary/aromatic N) is 1. The molecule has 4 nitrogen and oxygen atoms in total. The fourth-order valence-electron chi connectivity index (χ4n) is 4.08. The maximum atomic E-state index is 13.7. The van der Waals surface area contributed by atoms with Crippen molar-refractivity contribution in [1.29, 1.82) is 0 Å². The van der Waals surface area contributed by atoms with Gasteiger partial charge in [0.2, 0.25) is 0 Å². The lowest BCUT2D eigenvalue weighted by atomic mass is 9.92. The SMILES string of the molecule is Fc1ccc2c(c1)CCc1ccccc1N2C1CCCCC1.O=S(O)O. The number of hydrogen-bond donors (Lipinski definition) is 2. The van der Waals surface area contributed by atoms with Gasteiger partial charge in [0, 0.05) is 17.4 Å². The lowest BCUT2D eigenvalue weighted by Gasteiger charge is -2.37. The van der Waals surface area contributed by atoms with Crippen LogP contribution >= 0.6 is 0 Å². The standard InChI is InChI=1S/C20H22FN.H2O3S/c21-17-12-13-20-16(14-17)11-10-15-6-4-5-9-19(15)22(20)18-7-2-1-3-8-18;1-4(2)3/h4-6,9,12-14,18H,1-3,7-8,10-11H2;(H2,1,2,3). The third-order valence-electron chi connectivity index (χ3n) is 5.16. The van der Waals surface area contributed by atoms with E-state index in [0.717, 1.165) is 18.4 Å². The van der Waals surface area contributed by atoms with Crippen LogP contribution in [-0.2, 0) is 24.2 Å². The number of anilines is 2. The van der Waals surface area contributed by atoms with Crippen molar-refractivity contribution in [2.45, 2.75) is 51.0 Å². The Hall–Kier alpha value is -1.76. The van der Waals surface area contributed by atoms with E-state index in [1.54, 1.807) is 12.1 Å². The van der Waals surface area contributed by atoms with Crippen molar-refractivity contribution in [1.82, 2.24) is 0 Å². The van der Waals surface area contributed by atoms with E-state index >= 15 is 0 Å². The van der Waals surface area contributed by atoms with Gasteiger partial charge in [-0.1, -0.05) is 37.5 Å². The highest BCUT2D eigenvalue weighted by molar-refractivity contribution is 7.73. The first-order valence-electron chi connectivity index (χ1n) is 9.02. The number of benzene rings is 2. The predicted octanol–water partition coefficient (Wildman–Crippen LogP) is 5.08. The van der Waals surface area contributed by atoms with Crippen LogP contribution in [0.1, 0.15) is 43.2 Å². The molecule has 0 atom stereocenters. The van der Waals surface area contributed by atoms with Gasteiger partial charge in [-0.25, -0.2) is 4.39 Å². The second-order valence-corrected chi connectivity index (χ2v) is 7.26. The number of para-hydroxylation sites is 1. The molecule has 1 saturated carbocycles. The molecule has 0 saturated heterocycles. The summed E-state index contributed by atoms with van der Waals surface area (Å²) in [6.45, 7) is 0. The molecule has 1 aliphatic heterocycles. The van der Waals surface area contributed by atoms with E-state index in [1.165, 1.54) is 49.0 Å². The Balaban J connectivity index is 0.000000447. The zero-order valence-corrected chi connectivity index (χ0v) is 15.4. The fraction of sp³-hybridized carbons (Fsp3) is 0.400. The van der Waals surface area contributed by atoms with Crippen molar-refractivity contribution in [3.05, 3.63) is 59.4 Å². The van der Waals surface area contributed by atoms with Gasteiger partial charge in [0.15, 0.2) is 0 Å². The van der Waals surface area contributed by atoms with E-state index < -0.39 is 11.4 Å². The normalized spacial score (nSPS) is 17.0. The Morgan fingerprint density at radius 3 is 2.27 bits per heavy atom. The highest BCUT2D eigenvalue weighted by atomic mass is 32.2. The Bertz CT molecular complexity index is 773. The van der Waals surface area contributed by atoms with Gasteiger partial charge in [0.1, 0.15) is 5.82 Å². The second-order valence-electron chi connectivity index (χ2n) is 6.79. The van der Waals surface area contributed by atoms with Crippen LogP contribution in [0.15, 0.2) is 42.5 Å². The average Bonchev–Trinajstić information content (AvgIpc) is 2.78. The monoisotopic (exact) mass is 377 g/mol. The molecular formula is C20H24FNO3S. The van der Waals surface area contributed by atoms with Gasteiger partial charge in [-0.15, -0.1) is 0 Å². The lowest BCUT2D eigenvalue weighted by Crippen LogP contribution is -2.33. The Kier molecular flexibility index (Phi) is 6.40. The molecule has 1 fully saturated rings. The van der Waals surface area contributed by atoms with Crippen LogP contribution in [0.2, 0.25) is 0 Å². The lowest BCUT2D eigenvalue weighted by molar-refractivity contribution is 0.435. The van der Waals surface area contributed by atoms with Crippen LogP contribution in [0.4, 0.5) is 15.8 Å². The molecule has 26 heavy (non-hydrogen) atoms. The summed E-state index contributed by atoms with van der Waals surface area (Å²) in [5.41, 5.74) is 5.10. The number of fused-ring (bicyclic) bond motifs is 2. The molecule has 2 aromatic carbocycles. The minimum atomic E-state index is -2.61. The summed E-state index contributed by atoms with van der Waals surface area (Å²) in [5.74, 6) is -0.117. The fourth-order valence-corrected chi connectivity index (χ4v) is 4.08. The van der Waals surface area contributed by atoms with Gasteiger partial charge in [-0.05, 0) is 61.1 Å². The first-order chi connectivity index (χ1) is 12.6. The van der Waals surface area contributed by atoms with E-state index in [-0.39, 0.29) is 5.82 Å². The molecule has 1 aliphatic carbocycles. The molecule has 0 amide bonds. The van der Waals surface area contributed by atoms with E-state index in [4.69, 9.17) is 13.3 Å². The highest BCUT2D eigenvalue weighted by Gasteiger charge is 2.28. The van der Waals surface area contributed by atoms with Crippen LogP contribution in [0.5, 0.6) is 0 Å². The molecule has 2 aliphatic rings. The Morgan fingerprint density at radius 1 is 0.923 bits per heavy atom.